The Morgan fingerprint density at radius 3 is 2.53 bits per heavy atom. The van der Waals surface area contributed by atoms with Gasteiger partial charge in [0.15, 0.2) is 0 Å². The summed E-state index contributed by atoms with van der Waals surface area (Å²) in [7, 11) is 5.04. The van der Waals surface area contributed by atoms with Crippen molar-refractivity contribution in [3.8, 4) is 0 Å². The second-order valence-corrected chi connectivity index (χ2v) is 9.12. The summed E-state index contributed by atoms with van der Waals surface area (Å²) in [5.41, 5.74) is 1.24. The largest absolute Gasteiger partial charge is 0.453 e. The summed E-state index contributed by atoms with van der Waals surface area (Å²) in [6.45, 7) is 5.46. The smallest absolute Gasteiger partial charge is 0.409 e. The molecule has 3 aliphatic heterocycles. The second kappa shape index (κ2) is 8.41. The third kappa shape index (κ3) is 3.85. The van der Waals surface area contributed by atoms with Crippen molar-refractivity contribution in [2.24, 2.45) is 5.92 Å². The van der Waals surface area contributed by atoms with Gasteiger partial charge in [0, 0.05) is 57.4 Å². The number of carbonyl (C=O) groups is 2. The molecular weight excluding hydrogens is 382 g/mol. The lowest BCUT2D eigenvalue weighted by molar-refractivity contribution is 0.0892. The van der Waals surface area contributed by atoms with E-state index in [0.29, 0.717) is 5.92 Å². The van der Waals surface area contributed by atoms with Crippen molar-refractivity contribution in [3.05, 3.63) is 23.9 Å². The Bertz CT molecular complexity index is 783. The molecule has 1 aromatic rings. The maximum absolute atomic E-state index is 12.7. The molecule has 1 spiro atoms. The van der Waals surface area contributed by atoms with Crippen LogP contribution >= 0.6 is 0 Å². The molecule has 2 fully saturated rings. The molecule has 4 heterocycles. The lowest BCUT2D eigenvalue weighted by atomic mass is 9.74. The van der Waals surface area contributed by atoms with Gasteiger partial charge in [-0.1, -0.05) is 6.07 Å². The molecule has 0 N–H and O–H groups in total. The number of fused-ring (bicyclic) bond motifs is 2. The van der Waals surface area contributed by atoms with Gasteiger partial charge in [-0.3, -0.25) is 4.90 Å². The van der Waals surface area contributed by atoms with Crippen LogP contribution in [0.4, 0.5) is 15.4 Å². The molecule has 164 valence electrons. The van der Waals surface area contributed by atoms with Crippen molar-refractivity contribution in [3.63, 3.8) is 0 Å². The fourth-order valence-corrected chi connectivity index (χ4v) is 5.27. The zero-order valence-electron chi connectivity index (χ0n) is 18.3. The van der Waals surface area contributed by atoms with Gasteiger partial charge < -0.3 is 19.4 Å². The molecular formula is C22H33N5O3. The minimum absolute atomic E-state index is 0.00613. The van der Waals surface area contributed by atoms with E-state index in [0.717, 1.165) is 70.8 Å². The van der Waals surface area contributed by atoms with Crippen LogP contribution in [0.5, 0.6) is 0 Å². The summed E-state index contributed by atoms with van der Waals surface area (Å²) in [5, 5.41) is 0. The lowest BCUT2D eigenvalue weighted by Crippen LogP contribution is -2.49. The normalized spacial score (nSPS) is 21.6. The Morgan fingerprint density at radius 1 is 1.20 bits per heavy atom. The number of hydrogen-bond acceptors (Lipinski definition) is 5. The van der Waals surface area contributed by atoms with E-state index in [-0.39, 0.29) is 17.5 Å². The molecule has 0 atom stereocenters. The Hall–Kier alpha value is -2.35. The first kappa shape index (κ1) is 20.9. The third-order valence-corrected chi connectivity index (χ3v) is 7.06. The van der Waals surface area contributed by atoms with E-state index < -0.39 is 0 Å². The van der Waals surface area contributed by atoms with Gasteiger partial charge in [-0.25, -0.2) is 14.6 Å². The zero-order chi connectivity index (χ0) is 21.3. The maximum Gasteiger partial charge on any atom is 0.409 e. The molecule has 2 saturated heterocycles. The van der Waals surface area contributed by atoms with Crippen molar-refractivity contribution in [1.29, 1.82) is 0 Å². The molecule has 0 unspecified atom stereocenters. The van der Waals surface area contributed by atoms with Crippen molar-refractivity contribution in [2.75, 3.05) is 65.4 Å². The number of ether oxygens (including phenoxy) is 1. The Labute approximate surface area is 178 Å². The van der Waals surface area contributed by atoms with E-state index >= 15 is 0 Å². The first-order valence-electron chi connectivity index (χ1n) is 10.9. The van der Waals surface area contributed by atoms with Gasteiger partial charge in [0.1, 0.15) is 5.82 Å². The molecule has 0 saturated carbocycles. The number of carbonyl (C=O) groups excluding carboxylic acids is 2. The van der Waals surface area contributed by atoms with Crippen LogP contribution < -0.4 is 4.90 Å². The standard InChI is InChI=1S/C22H33N5O3/c1-24(2)20(28)27-16-22(18-5-4-10-23-19(18)27)8-13-25(14-9-22)15-17-6-11-26(12-7-17)21(29)30-3/h4-5,10,17H,6-9,11-16H2,1-3H3. The van der Waals surface area contributed by atoms with Crippen molar-refractivity contribution >= 4 is 17.9 Å². The fraction of sp³-hybridized carbons (Fsp3) is 0.682. The minimum Gasteiger partial charge on any atom is -0.453 e. The fourth-order valence-electron chi connectivity index (χ4n) is 5.27. The Balaban J connectivity index is 1.36. The zero-order valence-corrected chi connectivity index (χ0v) is 18.3. The summed E-state index contributed by atoms with van der Waals surface area (Å²) in [5.74, 6) is 1.46. The lowest BCUT2D eigenvalue weighted by Gasteiger charge is -2.42. The van der Waals surface area contributed by atoms with Gasteiger partial charge >= 0.3 is 12.1 Å². The number of methoxy groups -OCH3 is 1. The molecule has 8 heteroatoms. The average molecular weight is 416 g/mol. The van der Waals surface area contributed by atoms with Crippen LogP contribution in [0.25, 0.3) is 0 Å². The van der Waals surface area contributed by atoms with E-state index in [1.54, 1.807) is 30.1 Å². The van der Waals surface area contributed by atoms with Gasteiger partial charge in [-0.2, -0.15) is 0 Å². The summed E-state index contributed by atoms with van der Waals surface area (Å²) in [6, 6.07) is 4.15. The monoisotopic (exact) mass is 415 g/mol. The number of pyridine rings is 1. The van der Waals surface area contributed by atoms with E-state index in [1.165, 1.54) is 12.7 Å². The highest BCUT2D eigenvalue weighted by Crippen LogP contribution is 2.46. The van der Waals surface area contributed by atoms with E-state index in [4.69, 9.17) is 4.74 Å². The first-order valence-corrected chi connectivity index (χ1v) is 10.9. The summed E-state index contributed by atoms with van der Waals surface area (Å²) in [4.78, 5) is 36.8. The molecule has 0 aliphatic carbocycles. The molecule has 0 radical (unpaired) electrons. The highest BCUT2D eigenvalue weighted by Gasteiger charge is 2.47. The van der Waals surface area contributed by atoms with Crippen LogP contribution in [-0.4, -0.2) is 92.3 Å². The van der Waals surface area contributed by atoms with E-state index in [1.807, 2.05) is 11.0 Å². The Morgan fingerprint density at radius 2 is 1.90 bits per heavy atom. The van der Waals surface area contributed by atoms with Crippen LogP contribution in [0.15, 0.2) is 18.3 Å². The van der Waals surface area contributed by atoms with Crippen LogP contribution in [0.1, 0.15) is 31.2 Å². The SMILES string of the molecule is COC(=O)N1CCC(CN2CCC3(CC2)CN(C(=O)N(C)C)c2ncccc23)CC1. The number of piperidine rings is 2. The van der Waals surface area contributed by atoms with Crippen molar-refractivity contribution < 1.29 is 14.3 Å². The molecule has 30 heavy (non-hydrogen) atoms. The quantitative estimate of drug-likeness (QED) is 0.742. The first-order chi connectivity index (χ1) is 14.4. The van der Waals surface area contributed by atoms with Crippen LogP contribution in [0.2, 0.25) is 0 Å². The van der Waals surface area contributed by atoms with Crippen LogP contribution in [0.3, 0.4) is 0 Å². The summed E-state index contributed by atoms with van der Waals surface area (Å²) < 4.78 is 4.84. The second-order valence-electron chi connectivity index (χ2n) is 9.12. The van der Waals surface area contributed by atoms with Crippen LogP contribution in [-0.2, 0) is 10.2 Å². The third-order valence-electron chi connectivity index (χ3n) is 7.06. The summed E-state index contributed by atoms with van der Waals surface area (Å²) in [6.07, 6.45) is 5.74. The van der Waals surface area contributed by atoms with Gasteiger partial charge in [-0.05, 0) is 50.8 Å². The number of likely N-dealkylation sites (tertiary alicyclic amines) is 2. The number of aromatic nitrogens is 1. The minimum atomic E-state index is -0.210. The molecule has 8 nitrogen and oxygen atoms in total. The predicted octanol–water partition coefficient (Wildman–Crippen LogP) is 2.40. The van der Waals surface area contributed by atoms with Gasteiger partial charge in [0.25, 0.3) is 0 Å². The molecule has 4 rings (SSSR count). The van der Waals surface area contributed by atoms with E-state index in [2.05, 4.69) is 16.0 Å². The van der Waals surface area contributed by atoms with E-state index in [9.17, 15) is 9.59 Å². The number of anilines is 1. The average Bonchev–Trinajstić information content (AvgIpc) is 3.09. The molecule has 3 aliphatic rings. The van der Waals surface area contributed by atoms with Gasteiger partial charge in [0.05, 0.1) is 7.11 Å². The summed E-state index contributed by atoms with van der Waals surface area (Å²) >= 11 is 0. The topological polar surface area (TPSA) is 69.2 Å². The highest BCUT2D eigenvalue weighted by atomic mass is 16.5. The maximum atomic E-state index is 12.7. The number of urea groups is 1. The predicted molar refractivity (Wildman–Crippen MR) is 115 cm³/mol. The van der Waals surface area contributed by atoms with Gasteiger partial charge in [0.2, 0.25) is 0 Å². The van der Waals surface area contributed by atoms with Crippen molar-refractivity contribution in [1.82, 2.24) is 19.7 Å². The number of hydrogen-bond donors (Lipinski definition) is 0. The van der Waals surface area contributed by atoms with Crippen LogP contribution in [0, 0.1) is 5.92 Å². The number of amides is 3. The van der Waals surface area contributed by atoms with Crippen molar-refractivity contribution in [2.45, 2.75) is 31.1 Å². The molecule has 3 amide bonds. The number of rotatable bonds is 2. The highest BCUT2D eigenvalue weighted by molar-refractivity contribution is 5.93. The van der Waals surface area contributed by atoms with Gasteiger partial charge in [-0.15, -0.1) is 0 Å². The molecule has 1 aromatic heterocycles. The molecule has 0 aromatic carbocycles. The Kier molecular flexibility index (Phi) is 5.86. The number of nitrogens with zero attached hydrogens (tertiary/aromatic N) is 5. The molecule has 0 bridgehead atoms.